The molecule has 1 aliphatic rings. The molecule has 0 spiro atoms. The maximum absolute atomic E-state index is 5.69. The van der Waals surface area contributed by atoms with E-state index in [9.17, 15) is 0 Å². The normalized spacial score (nSPS) is 19.3. The van der Waals surface area contributed by atoms with Crippen molar-refractivity contribution in [2.24, 2.45) is 0 Å². The Bertz CT molecular complexity index is 345. The Morgan fingerprint density at radius 1 is 1.28 bits per heavy atom. The van der Waals surface area contributed by atoms with Gasteiger partial charge in [0.25, 0.3) is 0 Å². The molecule has 2 rings (SSSR count). The minimum absolute atomic E-state index is 0.179. The van der Waals surface area contributed by atoms with Gasteiger partial charge in [0.15, 0.2) is 6.29 Å². The van der Waals surface area contributed by atoms with Crippen LogP contribution in [0.2, 0.25) is 0 Å². The summed E-state index contributed by atoms with van der Waals surface area (Å²) in [7, 11) is 1.66. The fraction of sp³-hybridized carbons (Fsp3) is 0.571. The van der Waals surface area contributed by atoms with Crippen molar-refractivity contribution in [2.45, 2.75) is 32.2 Å². The number of epoxide rings is 1. The Morgan fingerprint density at radius 3 is 2.50 bits per heavy atom. The van der Waals surface area contributed by atoms with Gasteiger partial charge in [-0.05, 0) is 24.3 Å². The average molecular weight is 252 g/mol. The van der Waals surface area contributed by atoms with Gasteiger partial charge in [-0.2, -0.15) is 0 Å². The first kappa shape index (κ1) is 13.2. The minimum Gasteiger partial charge on any atom is -0.491 e. The maximum Gasteiger partial charge on any atom is 0.199 e. The van der Waals surface area contributed by atoms with Crippen molar-refractivity contribution in [1.29, 1.82) is 0 Å². The van der Waals surface area contributed by atoms with Gasteiger partial charge in [-0.25, -0.2) is 0 Å². The fourth-order valence-corrected chi connectivity index (χ4v) is 1.58. The smallest absolute Gasteiger partial charge is 0.199 e. The molecule has 2 atom stereocenters. The van der Waals surface area contributed by atoms with Gasteiger partial charge in [0.1, 0.15) is 24.2 Å². The SMILES string of the molecule is CCCC(OC)Oc1ccc(OCC2CO2)cc1. The maximum atomic E-state index is 5.69. The van der Waals surface area contributed by atoms with Gasteiger partial charge in [0.05, 0.1) is 6.61 Å². The van der Waals surface area contributed by atoms with E-state index in [0.717, 1.165) is 30.9 Å². The van der Waals surface area contributed by atoms with E-state index in [4.69, 9.17) is 18.9 Å². The minimum atomic E-state index is -0.179. The second-order valence-electron chi connectivity index (χ2n) is 4.31. The van der Waals surface area contributed by atoms with E-state index in [1.54, 1.807) is 7.11 Å². The zero-order chi connectivity index (χ0) is 12.8. The Hall–Kier alpha value is -1.26. The lowest BCUT2D eigenvalue weighted by molar-refractivity contribution is -0.0584. The van der Waals surface area contributed by atoms with E-state index in [2.05, 4.69) is 6.92 Å². The summed E-state index contributed by atoms with van der Waals surface area (Å²) >= 11 is 0. The standard InChI is InChI=1S/C14H20O4/c1-3-4-14(15-2)18-12-7-5-11(6-8-12)16-9-13-10-17-13/h5-8,13-14H,3-4,9-10H2,1-2H3. The zero-order valence-electron chi connectivity index (χ0n) is 10.9. The molecular formula is C14H20O4. The first-order valence-electron chi connectivity index (χ1n) is 6.35. The van der Waals surface area contributed by atoms with Gasteiger partial charge in [-0.1, -0.05) is 13.3 Å². The molecule has 0 amide bonds. The van der Waals surface area contributed by atoms with Crippen LogP contribution < -0.4 is 9.47 Å². The summed E-state index contributed by atoms with van der Waals surface area (Å²) in [4.78, 5) is 0. The predicted molar refractivity (Wildman–Crippen MR) is 68.0 cm³/mol. The number of hydrogen-bond donors (Lipinski definition) is 0. The van der Waals surface area contributed by atoms with Crippen molar-refractivity contribution in [3.05, 3.63) is 24.3 Å². The van der Waals surface area contributed by atoms with Gasteiger partial charge in [-0.3, -0.25) is 0 Å². The Balaban J connectivity index is 1.81. The summed E-state index contributed by atoms with van der Waals surface area (Å²) in [6.07, 6.45) is 2.01. The highest BCUT2D eigenvalue weighted by Crippen LogP contribution is 2.21. The molecule has 0 bridgehead atoms. The topological polar surface area (TPSA) is 40.2 Å². The summed E-state index contributed by atoms with van der Waals surface area (Å²) in [6.45, 7) is 3.54. The van der Waals surface area contributed by atoms with E-state index < -0.39 is 0 Å². The lowest BCUT2D eigenvalue weighted by atomic mass is 10.3. The third-order valence-electron chi connectivity index (χ3n) is 2.72. The lowest BCUT2D eigenvalue weighted by Gasteiger charge is -2.16. The fourth-order valence-electron chi connectivity index (χ4n) is 1.58. The molecule has 4 heteroatoms. The van der Waals surface area contributed by atoms with Crippen LogP contribution in [0.25, 0.3) is 0 Å². The summed E-state index contributed by atoms with van der Waals surface area (Å²) < 4.78 is 21.6. The summed E-state index contributed by atoms with van der Waals surface area (Å²) in [6, 6.07) is 7.59. The third-order valence-corrected chi connectivity index (χ3v) is 2.72. The van der Waals surface area contributed by atoms with E-state index in [-0.39, 0.29) is 12.4 Å². The molecule has 1 heterocycles. The number of methoxy groups -OCH3 is 1. The van der Waals surface area contributed by atoms with Crippen LogP contribution in [0.3, 0.4) is 0 Å². The average Bonchev–Trinajstić information content (AvgIpc) is 3.21. The largest absolute Gasteiger partial charge is 0.491 e. The van der Waals surface area contributed by atoms with Crippen LogP contribution in [0, 0.1) is 0 Å². The predicted octanol–water partition coefficient (Wildman–Crippen LogP) is 2.62. The first-order chi connectivity index (χ1) is 8.81. The van der Waals surface area contributed by atoms with Gasteiger partial charge >= 0.3 is 0 Å². The highest BCUT2D eigenvalue weighted by Gasteiger charge is 2.22. The van der Waals surface area contributed by atoms with Crippen LogP contribution in [0.4, 0.5) is 0 Å². The van der Waals surface area contributed by atoms with Crippen LogP contribution in [0.15, 0.2) is 24.3 Å². The first-order valence-corrected chi connectivity index (χ1v) is 6.35. The molecule has 0 aliphatic carbocycles. The molecule has 1 aromatic rings. The molecule has 18 heavy (non-hydrogen) atoms. The van der Waals surface area contributed by atoms with Crippen LogP contribution in [0.1, 0.15) is 19.8 Å². The van der Waals surface area contributed by atoms with Crippen molar-refractivity contribution >= 4 is 0 Å². The van der Waals surface area contributed by atoms with Crippen LogP contribution in [0.5, 0.6) is 11.5 Å². The van der Waals surface area contributed by atoms with Gasteiger partial charge in [0.2, 0.25) is 0 Å². The van der Waals surface area contributed by atoms with Crippen molar-refractivity contribution in [3.63, 3.8) is 0 Å². The van der Waals surface area contributed by atoms with Crippen molar-refractivity contribution in [1.82, 2.24) is 0 Å². The van der Waals surface area contributed by atoms with E-state index in [0.29, 0.717) is 6.61 Å². The third kappa shape index (κ3) is 4.20. The molecule has 4 nitrogen and oxygen atoms in total. The molecule has 1 aromatic carbocycles. The van der Waals surface area contributed by atoms with Gasteiger partial charge in [0, 0.05) is 13.5 Å². The molecule has 0 radical (unpaired) electrons. The summed E-state index contributed by atoms with van der Waals surface area (Å²) in [5.41, 5.74) is 0. The van der Waals surface area contributed by atoms with Crippen molar-refractivity contribution in [2.75, 3.05) is 20.3 Å². The van der Waals surface area contributed by atoms with Crippen molar-refractivity contribution < 1.29 is 18.9 Å². The summed E-state index contributed by atoms with van der Waals surface area (Å²) in [5.74, 6) is 1.63. The van der Waals surface area contributed by atoms with Gasteiger partial charge < -0.3 is 18.9 Å². The molecule has 1 aliphatic heterocycles. The molecule has 0 aromatic heterocycles. The monoisotopic (exact) mass is 252 g/mol. The number of ether oxygens (including phenoxy) is 4. The summed E-state index contributed by atoms with van der Waals surface area (Å²) in [5, 5.41) is 0. The van der Waals surface area contributed by atoms with E-state index >= 15 is 0 Å². The highest BCUT2D eigenvalue weighted by molar-refractivity contribution is 5.31. The molecular weight excluding hydrogens is 232 g/mol. The molecule has 100 valence electrons. The Kier molecular flexibility index (Phi) is 4.84. The van der Waals surface area contributed by atoms with Crippen LogP contribution in [-0.4, -0.2) is 32.7 Å². The zero-order valence-corrected chi connectivity index (χ0v) is 10.9. The molecule has 1 saturated heterocycles. The molecule has 2 unspecified atom stereocenters. The molecule has 1 fully saturated rings. The van der Waals surface area contributed by atoms with Crippen LogP contribution in [-0.2, 0) is 9.47 Å². The number of rotatable bonds is 8. The van der Waals surface area contributed by atoms with Gasteiger partial charge in [-0.15, -0.1) is 0 Å². The molecule has 0 saturated carbocycles. The molecule has 0 N–H and O–H groups in total. The lowest BCUT2D eigenvalue weighted by Crippen LogP contribution is -2.18. The van der Waals surface area contributed by atoms with E-state index in [1.807, 2.05) is 24.3 Å². The Morgan fingerprint density at radius 2 is 1.94 bits per heavy atom. The Labute approximate surface area is 108 Å². The van der Waals surface area contributed by atoms with Crippen LogP contribution >= 0.6 is 0 Å². The number of hydrogen-bond acceptors (Lipinski definition) is 4. The van der Waals surface area contributed by atoms with E-state index in [1.165, 1.54) is 0 Å². The quantitative estimate of drug-likeness (QED) is 0.526. The number of benzene rings is 1. The second kappa shape index (κ2) is 6.61. The second-order valence-corrected chi connectivity index (χ2v) is 4.31. The highest BCUT2D eigenvalue weighted by atomic mass is 16.7. The van der Waals surface area contributed by atoms with Crippen molar-refractivity contribution in [3.8, 4) is 11.5 Å².